The number of esters is 2. The average Bonchev–Trinajstić information content (AvgIpc) is 3.24. The second-order valence-corrected chi connectivity index (χ2v) is 8.87. The Hall–Kier alpha value is -3.46. The monoisotopic (exact) mass is 492 g/mol. The molecule has 0 amide bonds. The van der Waals surface area contributed by atoms with Crippen molar-refractivity contribution in [1.29, 1.82) is 0 Å². The molecule has 1 saturated heterocycles. The van der Waals surface area contributed by atoms with Crippen LogP contribution in [0, 0.1) is 0 Å². The molecule has 4 atom stereocenters. The second kappa shape index (κ2) is 11.8. The number of thioether (sulfide) groups is 1. The summed E-state index contributed by atoms with van der Waals surface area (Å²) < 4.78 is 22.6. The zero-order valence-corrected chi connectivity index (χ0v) is 19.8. The van der Waals surface area contributed by atoms with Crippen molar-refractivity contribution in [3.63, 3.8) is 0 Å². The lowest BCUT2D eigenvalue weighted by molar-refractivity contribution is -0.154. The minimum Gasteiger partial charge on any atom is -0.459 e. The van der Waals surface area contributed by atoms with E-state index in [-0.39, 0.29) is 11.7 Å². The maximum absolute atomic E-state index is 13.0. The third kappa shape index (κ3) is 6.16. The van der Waals surface area contributed by atoms with Crippen molar-refractivity contribution in [3.8, 4) is 0 Å². The molecule has 180 valence electrons. The summed E-state index contributed by atoms with van der Waals surface area (Å²) >= 11 is 0.968. The van der Waals surface area contributed by atoms with Crippen LogP contribution in [-0.4, -0.2) is 54.5 Å². The Morgan fingerprint density at radius 1 is 0.771 bits per heavy atom. The largest absolute Gasteiger partial charge is 0.459 e. The lowest BCUT2D eigenvalue weighted by atomic mass is 10.2. The number of benzene rings is 3. The van der Waals surface area contributed by atoms with Crippen LogP contribution >= 0.6 is 11.8 Å². The van der Waals surface area contributed by atoms with Crippen molar-refractivity contribution in [3.05, 3.63) is 108 Å². The third-order valence-electron chi connectivity index (χ3n) is 5.39. The van der Waals surface area contributed by atoms with Gasteiger partial charge in [-0.3, -0.25) is 4.79 Å². The highest BCUT2D eigenvalue weighted by atomic mass is 32.2. The van der Waals surface area contributed by atoms with E-state index in [1.807, 2.05) is 6.07 Å². The number of carbonyl (C=O) groups excluding carboxylic acids is 3. The van der Waals surface area contributed by atoms with Crippen molar-refractivity contribution < 1.29 is 33.3 Å². The van der Waals surface area contributed by atoms with E-state index in [1.165, 1.54) is 7.11 Å². The fourth-order valence-electron chi connectivity index (χ4n) is 3.63. The molecule has 7 nitrogen and oxygen atoms in total. The van der Waals surface area contributed by atoms with Crippen LogP contribution < -0.4 is 0 Å². The summed E-state index contributed by atoms with van der Waals surface area (Å²) in [6.07, 6.45) is -2.60. The number of methoxy groups -OCH3 is 1. The van der Waals surface area contributed by atoms with E-state index >= 15 is 0 Å². The predicted molar refractivity (Wildman–Crippen MR) is 130 cm³/mol. The Labute approximate surface area is 207 Å². The lowest BCUT2D eigenvalue weighted by Crippen LogP contribution is -2.38. The first-order valence-corrected chi connectivity index (χ1v) is 11.9. The lowest BCUT2D eigenvalue weighted by Gasteiger charge is -2.23. The number of ether oxygens (including phenoxy) is 4. The van der Waals surface area contributed by atoms with E-state index in [0.29, 0.717) is 16.7 Å². The van der Waals surface area contributed by atoms with Crippen molar-refractivity contribution >= 4 is 28.8 Å². The van der Waals surface area contributed by atoms with Crippen LogP contribution in [-0.2, 0) is 18.9 Å². The quantitative estimate of drug-likeness (QED) is 0.428. The molecular formula is C27H24O7S. The van der Waals surface area contributed by atoms with Crippen LogP contribution in [0.25, 0.3) is 0 Å². The van der Waals surface area contributed by atoms with Crippen LogP contribution in [0.5, 0.6) is 0 Å². The minimum atomic E-state index is -0.941. The predicted octanol–water partition coefficient (Wildman–Crippen LogP) is 4.38. The van der Waals surface area contributed by atoms with Gasteiger partial charge in [0, 0.05) is 12.7 Å². The van der Waals surface area contributed by atoms with Gasteiger partial charge in [0.2, 0.25) is 5.12 Å². The van der Waals surface area contributed by atoms with E-state index in [1.54, 1.807) is 84.9 Å². The molecule has 0 aromatic heterocycles. The van der Waals surface area contributed by atoms with Crippen molar-refractivity contribution in [2.45, 2.75) is 23.7 Å². The molecule has 0 bridgehead atoms. The summed E-state index contributed by atoms with van der Waals surface area (Å²) in [5.41, 5.74) is 1.25. The molecule has 0 spiro atoms. The summed E-state index contributed by atoms with van der Waals surface area (Å²) in [7, 11) is 1.42. The van der Waals surface area contributed by atoms with Crippen LogP contribution in [0.2, 0.25) is 0 Å². The van der Waals surface area contributed by atoms with Gasteiger partial charge in [0.15, 0.2) is 12.4 Å². The van der Waals surface area contributed by atoms with Crippen LogP contribution in [0.3, 0.4) is 0 Å². The van der Waals surface area contributed by atoms with Gasteiger partial charge in [-0.15, -0.1) is 0 Å². The zero-order valence-electron chi connectivity index (χ0n) is 18.9. The fourth-order valence-corrected chi connectivity index (χ4v) is 4.76. The van der Waals surface area contributed by atoms with E-state index < -0.39 is 35.7 Å². The average molecular weight is 493 g/mol. The molecule has 0 unspecified atom stereocenters. The summed E-state index contributed by atoms with van der Waals surface area (Å²) in [5, 5.41) is -0.903. The van der Waals surface area contributed by atoms with Gasteiger partial charge in [0.1, 0.15) is 12.7 Å². The Balaban J connectivity index is 1.54. The second-order valence-electron chi connectivity index (χ2n) is 7.72. The highest BCUT2D eigenvalue weighted by Crippen LogP contribution is 2.36. The van der Waals surface area contributed by atoms with Gasteiger partial charge >= 0.3 is 11.9 Å². The van der Waals surface area contributed by atoms with Gasteiger partial charge in [0.05, 0.1) is 16.4 Å². The molecule has 3 aromatic rings. The first-order chi connectivity index (χ1) is 17.1. The molecule has 3 aromatic carbocycles. The molecule has 1 aliphatic heterocycles. The Kier molecular flexibility index (Phi) is 8.31. The molecule has 0 aliphatic carbocycles. The first kappa shape index (κ1) is 24.7. The molecule has 0 saturated carbocycles. The van der Waals surface area contributed by atoms with Gasteiger partial charge < -0.3 is 18.9 Å². The molecule has 1 fully saturated rings. The van der Waals surface area contributed by atoms with Gasteiger partial charge in [-0.1, -0.05) is 78.5 Å². The molecule has 1 aliphatic rings. The SMILES string of the molecule is CO[C@H]1O[C@@H](COC(=O)c2ccccc2)[C@@H](SC(=O)c2ccccc2)[C@@H]1OC(=O)c1ccccc1. The molecule has 8 heteroatoms. The topological polar surface area (TPSA) is 88.1 Å². The fraction of sp³-hybridized carbons (Fsp3) is 0.222. The standard InChI is InChI=1S/C27H24O7S/c1-31-27-22(34-25(29)19-13-7-3-8-14-19)23(35-26(30)20-15-9-4-10-16-20)21(33-27)17-32-24(28)18-11-5-2-6-12-18/h2-16,21-23,27H,17H2,1H3/t21-,22-,23+,27-/m0/s1. The number of carbonyl (C=O) groups is 3. The maximum atomic E-state index is 13.0. The minimum absolute atomic E-state index is 0.146. The van der Waals surface area contributed by atoms with E-state index in [2.05, 4.69) is 0 Å². The summed E-state index contributed by atoms with van der Waals surface area (Å²) in [6.45, 7) is -0.146. The third-order valence-corrected chi connectivity index (χ3v) is 6.69. The number of rotatable bonds is 8. The first-order valence-electron chi connectivity index (χ1n) is 11.0. The molecule has 1 heterocycles. The van der Waals surface area contributed by atoms with E-state index in [9.17, 15) is 14.4 Å². The van der Waals surface area contributed by atoms with Crippen LogP contribution in [0.1, 0.15) is 31.1 Å². The van der Waals surface area contributed by atoms with Crippen LogP contribution in [0.4, 0.5) is 0 Å². The summed E-state index contributed by atoms with van der Waals surface area (Å²) in [6, 6.07) is 25.8. The van der Waals surface area contributed by atoms with Gasteiger partial charge in [-0.05, 0) is 24.3 Å². The van der Waals surface area contributed by atoms with E-state index in [0.717, 1.165) is 11.8 Å². The highest BCUT2D eigenvalue weighted by molar-refractivity contribution is 8.14. The van der Waals surface area contributed by atoms with Gasteiger partial charge in [0.25, 0.3) is 0 Å². The normalized spacial score (nSPS) is 21.3. The molecule has 35 heavy (non-hydrogen) atoms. The number of hydrogen-bond acceptors (Lipinski definition) is 8. The summed E-state index contributed by atoms with van der Waals surface area (Å²) in [5.74, 6) is -1.09. The maximum Gasteiger partial charge on any atom is 0.338 e. The Morgan fingerprint density at radius 2 is 1.29 bits per heavy atom. The van der Waals surface area contributed by atoms with Crippen molar-refractivity contribution in [2.24, 2.45) is 0 Å². The van der Waals surface area contributed by atoms with Gasteiger partial charge in [-0.25, -0.2) is 9.59 Å². The zero-order chi connectivity index (χ0) is 24.6. The molecule has 0 radical (unpaired) electrons. The Bertz CT molecular complexity index is 1140. The van der Waals surface area contributed by atoms with Crippen molar-refractivity contribution in [2.75, 3.05) is 13.7 Å². The molecule has 0 N–H and O–H groups in total. The number of hydrogen-bond donors (Lipinski definition) is 0. The smallest absolute Gasteiger partial charge is 0.338 e. The molecular weight excluding hydrogens is 468 g/mol. The van der Waals surface area contributed by atoms with Gasteiger partial charge in [-0.2, -0.15) is 0 Å². The highest BCUT2D eigenvalue weighted by Gasteiger charge is 2.49. The summed E-state index contributed by atoms with van der Waals surface area (Å²) in [4.78, 5) is 38.3. The van der Waals surface area contributed by atoms with Crippen molar-refractivity contribution in [1.82, 2.24) is 0 Å². The van der Waals surface area contributed by atoms with E-state index in [4.69, 9.17) is 18.9 Å². The van der Waals surface area contributed by atoms with Crippen LogP contribution in [0.15, 0.2) is 91.0 Å². The Morgan fingerprint density at radius 3 is 1.83 bits per heavy atom. The molecule has 4 rings (SSSR count).